The molecule has 0 radical (unpaired) electrons. The molecule has 3 rings (SSSR count). The number of guanidine groups is 1. The van der Waals surface area contributed by atoms with Crippen molar-refractivity contribution < 1.29 is 9.13 Å². The van der Waals surface area contributed by atoms with E-state index in [-0.39, 0.29) is 41.8 Å². The van der Waals surface area contributed by atoms with Crippen LogP contribution < -0.4 is 15.8 Å². The maximum absolute atomic E-state index is 14.5. The number of halogens is 3. The number of hydrogen-bond acceptors (Lipinski definition) is 3. The zero-order chi connectivity index (χ0) is 19.2. The quantitative estimate of drug-likeness (QED) is 0.331. The lowest BCUT2D eigenvalue weighted by Crippen LogP contribution is -2.31. The van der Waals surface area contributed by atoms with Gasteiger partial charge in [-0.15, -0.1) is 24.0 Å². The van der Waals surface area contributed by atoms with Crippen molar-refractivity contribution in [3.8, 4) is 5.75 Å². The topological polar surface area (TPSA) is 62.9 Å². The summed E-state index contributed by atoms with van der Waals surface area (Å²) in [7, 11) is 1.62. The molecule has 1 aliphatic heterocycles. The molecule has 1 atom stereocenters. The molecule has 2 aromatic carbocycles. The molecule has 152 valence electrons. The number of rotatable bonds is 6. The van der Waals surface area contributed by atoms with Gasteiger partial charge in [-0.05, 0) is 62.3 Å². The first-order valence-corrected chi connectivity index (χ1v) is 9.35. The standard InChI is InChI=1S/C20H24ClFN4O.HI/c1-27-15-9-7-14(8-10-15)25-20(23)24-13-18(26-11-2-3-12-26)19-16(21)5-4-6-17(19)22;/h4-10,18H,2-3,11-13H2,1H3,(H3,23,24,25);1H. The zero-order valence-corrected chi connectivity index (χ0v) is 18.8. The highest BCUT2D eigenvalue weighted by Crippen LogP contribution is 2.32. The van der Waals surface area contributed by atoms with Crippen LogP contribution in [0.4, 0.5) is 10.1 Å². The fourth-order valence-corrected chi connectivity index (χ4v) is 3.61. The number of nitrogens with two attached hydrogens (primary N) is 1. The maximum Gasteiger partial charge on any atom is 0.193 e. The molecule has 0 aromatic heterocycles. The van der Waals surface area contributed by atoms with Gasteiger partial charge in [0.25, 0.3) is 0 Å². The van der Waals surface area contributed by atoms with Crippen LogP contribution in [0.3, 0.4) is 0 Å². The van der Waals surface area contributed by atoms with Crippen LogP contribution in [0.2, 0.25) is 5.02 Å². The molecular weight excluding hydrogens is 494 g/mol. The number of hydrogen-bond donors (Lipinski definition) is 2. The van der Waals surface area contributed by atoms with Crippen LogP contribution >= 0.6 is 35.6 Å². The van der Waals surface area contributed by atoms with Crippen molar-refractivity contribution in [1.29, 1.82) is 0 Å². The van der Waals surface area contributed by atoms with Gasteiger partial charge in [0.2, 0.25) is 0 Å². The predicted molar refractivity (Wildman–Crippen MR) is 123 cm³/mol. The second-order valence-electron chi connectivity index (χ2n) is 6.47. The Morgan fingerprint density at radius 2 is 1.93 bits per heavy atom. The summed E-state index contributed by atoms with van der Waals surface area (Å²) >= 11 is 6.30. The average Bonchev–Trinajstić information content (AvgIpc) is 3.19. The fraction of sp³-hybridized carbons (Fsp3) is 0.350. The normalized spacial score (nSPS) is 15.8. The molecule has 0 saturated carbocycles. The van der Waals surface area contributed by atoms with E-state index < -0.39 is 0 Å². The van der Waals surface area contributed by atoms with Gasteiger partial charge in [0.15, 0.2) is 5.96 Å². The minimum absolute atomic E-state index is 0. The molecule has 2 aromatic rings. The van der Waals surface area contributed by atoms with Crippen LogP contribution in [-0.4, -0.2) is 37.6 Å². The van der Waals surface area contributed by atoms with Crippen LogP contribution in [-0.2, 0) is 0 Å². The largest absolute Gasteiger partial charge is 0.497 e. The van der Waals surface area contributed by atoms with Gasteiger partial charge in [0, 0.05) is 16.3 Å². The number of benzene rings is 2. The Morgan fingerprint density at radius 3 is 2.54 bits per heavy atom. The predicted octanol–water partition coefficient (Wildman–Crippen LogP) is 4.67. The summed E-state index contributed by atoms with van der Waals surface area (Å²) in [5, 5.41) is 3.47. The molecule has 0 spiro atoms. The summed E-state index contributed by atoms with van der Waals surface area (Å²) in [4.78, 5) is 6.67. The lowest BCUT2D eigenvalue weighted by Gasteiger charge is -2.27. The molecule has 28 heavy (non-hydrogen) atoms. The third-order valence-corrected chi connectivity index (χ3v) is 5.04. The molecule has 1 aliphatic rings. The molecule has 1 heterocycles. The number of nitrogens with one attached hydrogen (secondary N) is 1. The minimum Gasteiger partial charge on any atom is -0.497 e. The Kier molecular flexibility index (Phi) is 8.78. The van der Waals surface area contributed by atoms with Gasteiger partial charge < -0.3 is 15.8 Å². The van der Waals surface area contributed by atoms with E-state index >= 15 is 0 Å². The first-order valence-electron chi connectivity index (χ1n) is 8.97. The van der Waals surface area contributed by atoms with Crippen molar-refractivity contribution in [3.05, 3.63) is 58.9 Å². The van der Waals surface area contributed by atoms with Crippen molar-refractivity contribution in [2.45, 2.75) is 18.9 Å². The number of anilines is 1. The zero-order valence-electron chi connectivity index (χ0n) is 15.7. The van der Waals surface area contributed by atoms with Gasteiger partial charge in [-0.2, -0.15) is 0 Å². The first-order chi connectivity index (χ1) is 13.1. The van der Waals surface area contributed by atoms with Gasteiger partial charge in [-0.3, -0.25) is 9.89 Å². The first kappa shape index (κ1) is 22.7. The van der Waals surface area contributed by atoms with E-state index in [2.05, 4.69) is 15.2 Å². The smallest absolute Gasteiger partial charge is 0.193 e. The molecular formula is C20H25ClFIN4O. The highest BCUT2D eigenvalue weighted by atomic mass is 127. The SMILES string of the molecule is COc1ccc(NC(N)=NCC(c2c(F)cccc2Cl)N2CCCC2)cc1.I. The summed E-state index contributed by atoms with van der Waals surface area (Å²) in [6, 6.07) is 11.9. The lowest BCUT2D eigenvalue weighted by atomic mass is 10.0. The second kappa shape index (κ2) is 10.8. The van der Waals surface area contributed by atoms with E-state index in [4.69, 9.17) is 22.1 Å². The van der Waals surface area contributed by atoms with Crippen molar-refractivity contribution >= 4 is 47.2 Å². The number of aliphatic imine (C=N–C) groups is 1. The van der Waals surface area contributed by atoms with E-state index in [0.717, 1.165) is 37.4 Å². The van der Waals surface area contributed by atoms with E-state index in [0.29, 0.717) is 17.1 Å². The molecule has 1 saturated heterocycles. The van der Waals surface area contributed by atoms with Crippen molar-refractivity contribution in [2.24, 2.45) is 10.7 Å². The van der Waals surface area contributed by atoms with Crippen molar-refractivity contribution in [1.82, 2.24) is 4.90 Å². The van der Waals surface area contributed by atoms with Crippen LogP contribution in [0, 0.1) is 5.82 Å². The van der Waals surface area contributed by atoms with E-state index in [1.165, 1.54) is 6.07 Å². The number of likely N-dealkylation sites (tertiary alicyclic amines) is 1. The summed E-state index contributed by atoms with van der Waals surface area (Å²) < 4.78 is 19.6. The minimum atomic E-state index is -0.309. The van der Waals surface area contributed by atoms with Crippen LogP contribution in [0.15, 0.2) is 47.5 Å². The Labute approximate surface area is 187 Å². The van der Waals surface area contributed by atoms with Crippen LogP contribution in [0.25, 0.3) is 0 Å². The molecule has 0 bridgehead atoms. The Balaban J connectivity index is 0.00000280. The Bertz CT molecular complexity index is 777. The van der Waals surface area contributed by atoms with Crippen LogP contribution in [0.1, 0.15) is 24.4 Å². The van der Waals surface area contributed by atoms with Gasteiger partial charge in [-0.25, -0.2) is 4.39 Å². The summed E-state index contributed by atoms with van der Waals surface area (Å²) in [5.74, 6) is 0.729. The molecule has 8 heteroatoms. The number of methoxy groups -OCH3 is 1. The summed E-state index contributed by atoms with van der Waals surface area (Å²) in [6.45, 7) is 2.13. The number of ether oxygens (including phenoxy) is 1. The third kappa shape index (κ3) is 5.71. The molecule has 5 nitrogen and oxygen atoms in total. The molecule has 0 aliphatic carbocycles. The number of nitrogens with zero attached hydrogens (tertiary/aromatic N) is 2. The fourth-order valence-electron chi connectivity index (χ4n) is 3.32. The third-order valence-electron chi connectivity index (χ3n) is 4.71. The average molecular weight is 519 g/mol. The molecule has 3 N–H and O–H groups in total. The van der Waals surface area contributed by atoms with Gasteiger partial charge in [0.05, 0.1) is 19.7 Å². The van der Waals surface area contributed by atoms with Crippen molar-refractivity contribution in [2.75, 3.05) is 32.1 Å². The molecule has 1 fully saturated rings. The highest BCUT2D eigenvalue weighted by molar-refractivity contribution is 14.0. The maximum atomic E-state index is 14.5. The van der Waals surface area contributed by atoms with Crippen LogP contribution in [0.5, 0.6) is 5.75 Å². The summed E-state index contributed by atoms with van der Waals surface area (Å²) in [5.41, 5.74) is 7.33. The van der Waals surface area contributed by atoms with Crippen molar-refractivity contribution in [3.63, 3.8) is 0 Å². The second-order valence-corrected chi connectivity index (χ2v) is 6.88. The van der Waals surface area contributed by atoms with Gasteiger partial charge >= 0.3 is 0 Å². The molecule has 1 unspecified atom stereocenters. The monoisotopic (exact) mass is 518 g/mol. The van der Waals surface area contributed by atoms with E-state index in [9.17, 15) is 4.39 Å². The summed E-state index contributed by atoms with van der Waals surface area (Å²) in [6.07, 6.45) is 2.18. The highest BCUT2D eigenvalue weighted by Gasteiger charge is 2.27. The van der Waals surface area contributed by atoms with Gasteiger partial charge in [-0.1, -0.05) is 17.7 Å². The lowest BCUT2D eigenvalue weighted by molar-refractivity contribution is 0.246. The van der Waals surface area contributed by atoms with E-state index in [1.807, 2.05) is 24.3 Å². The molecule has 0 amide bonds. The van der Waals surface area contributed by atoms with E-state index in [1.54, 1.807) is 19.2 Å². The van der Waals surface area contributed by atoms with Gasteiger partial charge in [0.1, 0.15) is 11.6 Å². The Hall–Kier alpha value is -1.58. The Morgan fingerprint density at radius 1 is 1.25 bits per heavy atom.